The molecule has 1 aliphatic rings. The highest BCUT2D eigenvalue weighted by Gasteiger charge is 2.37. The van der Waals surface area contributed by atoms with Crippen LogP contribution in [0.1, 0.15) is 26.3 Å². The van der Waals surface area contributed by atoms with Gasteiger partial charge in [-0.15, -0.1) is 0 Å². The molecule has 1 N–H and O–H groups in total. The number of esters is 1. The Morgan fingerprint density at radius 2 is 1.92 bits per heavy atom. The molecule has 0 aliphatic carbocycles. The minimum absolute atomic E-state index is 0.00247. The number of halogens is 1. The molecule has 1 heterocycles. The summed E-state index contributed by atoms with van der Waals surface area (Å²) in [7, 11) is 0. The molecule has 1 aromatic carbocycles. The fourth-order valence-electron chi connectivity index (χ4n) is 2.65. The lowest BCUT2D eigenvalue weighted by atomic mass is 10.1. The molecule has 6 nitrogen and oxygen atoms in total. The molecule has 1 fully saturated rings. The van der Waals surface area contributed by atoms with E-state index >= 15 is 0 Å². The maximum Gasteiger partial charge on any atom is 0.410 e. The lowest BCUT2D eigenvalue weighted by Gasteiger charge is -2.24. The van der Waals surface area contributed by atoms with Gasteiger partial charge in [-0.25, -0.2) is 9.18 Å². The third-order valence-corrected chi connectivity index (χ3v) is 3.93. The summed E-state index contributed by atoms with van der Waals surface area (Å²) in [5.74, 6) is -0.768. The van der Waals surface area contributed by atoms with Crippen LogP contribution in [0.25, 0.3) is 0 Å². The van der Waals surface area contributed by atoms with Gasteiger partial charge in [0.1, 0.15) is 18.4 Å². The molecule has 0 radical (unpaired) electrons. The van der Waals surface area contributed by atoms with Crippen molar-refractivity contribution in [1.29, 1.82) is 0 Å². The van der Waals surface area contributed by atoms with Crippen LogP contribution in [0.5, 0.6) is 0 Å². The lowest BCUT2D eigenvalue weighted by Crippen LogP contribution is -2.36. The van der Waals surface area contributed by atoms with Gasteiger partial charge in [0.05, 0.1) is 13.1 Å². The average Bonchev–Trinajstić information content (AvgIpc) is 2.94. The zero-order chi connectivity index (χ0) is 19.2. The van der Waals surface area contributed by atoms with Gasteiger partial charge in [-0.2, -0.15) is 0 Å². The number of benzene rings is 1. The summed E-state index contributed by atoms with van der Waals surface area (Å²) in [5.41, 5.74) is 0.301. The van der Waals surface area contributed by atoms with Gasteiger partial charge in [-0.05, 0) is 26.3 Å². The van der Waals surface area contributed by atoms with Crippen molar-refractivity contribution >= 4 is 12.1 Å². The van der Waals surface area contributed by atoms with Crippen LogP contribution in [0.4, 0.5) is 9.18 Å². The van der Waals surface area contributed by atoms with E-state index in [4.69, 9.17) is 9.47 Å². The second-order valence-corrected chi connectivity index (χ2v) is 7.44. The van der Waals surface area contributed by atoms with Gasteiger partial charge >= 0.3 is 12.1 Å². The largest absolute Gasteiger partial charge is 0.460 e. The Bertz CT molecular complexity index is 603. The molecule has 2 atom stereocenters. The van der Waals surface area contributed by atoms with Crippen LogP contribution in [0.3, 0.4) is 0 Å². The van der Waals surface area contributed by atoms with Gasteiger partial charge in [-0.1, -0.05) is 30.3 Å². The number of ether oxygens (including phenoxy) is 2. The van der Waals surface area contributed by atoms with E-state index in [1.807, 2.05) is 30.3 Å². The van der Waals surface area contributed by atoms with Crippen molar-refractivity contribution in [2.45, 2.75) is 39.2 Å². The summed E-state index contributed by atoms with van der Waals surface area (Å²) in [5, 5.41) is 2.91. The number of alkyl halides is 1. The Hall–Kier alpha value is -2.15. The number of nitrogens with one attached hydrogen (secondary N) is 1. The molecule has 0 bridgehead atoms. The van der Waals surface area contributed by atoms with Crippen LogP contribution >= 0.6 is 0 Å². The molecule has 7 heteroatoms. The normalized spacial score (nSPS) is 20.1. The summed E-state index contributed by atoms with van der Waals surface area (Å²) < 4.78 is 24.5. The molecule has 0 saturated carbocycles. The highest BCUT2D eigenvalue weighted by Crippen LogP contribution is 2.22. The maximum absolute atomic E-state index is 14.1. The Kier molecular flexibility index (Phi) is 6.97. The second-order valence-electron chi connectivity index (χ2n) is 7.44. The number of hydrogen-bond donors (Lipinski definition) is 1. The Morgan fingerprint density at radius 3 is 2.58 bits per heavy atom. The summed E-state index contributed by atoms with van der Waals surface area (Å²) >= 11 is 0. The summed E-state index contributed by atoms with van der Waals surface area (Å²) in [6.45, 7) is 6.10. The van der Waals surface area contributed by atoms with Crippen molar-refractivity contribution < 1.29 is 23.5 Å². The van der Waals surface area contributed by atoms with Gasteiger partial charge in [0, 0.05) is 19.0 Å². The Balaban J connectivity index is 1.67. The molecular weight excluding hydrogens is 339 g/mol. The summed E-state index contributed by atoms with van der Waals surface area (Å²) in [6.07, 6.45) is -1.65. The van der Waals surface area contributed by atoms with Crippen molar-refractivity contribution in [3.8, 4) is 0 Å². The van der Waals surface area contributed by atoms with Crippen molar-refractivity contribution in [2.24, 2.45) is 5.92 Å². The Labute approximate surface area is 153 Å². The minimum atomic E-state index is -1.14. The quantitative estimate of drug-likeness (QED) is 0.784. The fourth-order valence-corrected chi connectivity index (χ4v) is 2.65. The molecular formula is C19H27FN2O4. The number of nitrogens with zero attached hydrogens (tertiary/aromatic N) is 1. The smallest absolute Gasteiger partial charge is 0.410 e. The van der Waals surface area contributed by atoms with E-state index < -0.39 is 23.8 Å². The minimum Gasteiger partial charge on any atom is -0.460 e. The van der Waals surface area contributed by atoms with Crippen LogP contribution < -0.4 is 5.32 Å². The van der Waals surface area contributed by atoms with Crippen LogP contribution in [0, 0.1) is 5.92 Å². The van der Waals surface area contributed by atoms with Crippen molar-refractivity contribution in [3.05, 3.63) is 35.9 Å². The number of carbonyl (C=O) groups excluding carboxylic acids is 2. The number of rotatable bonds is 6. The SMILES string of the molecule is CC(C)(C)OC(=O)N1CC(CNCC(=O)OCc2ccccc2)[C@H](F)C1. The van der Waals surface area contributed by atoms with Crippen molar-refractivity contribution in [1.82, 2.24) is 10.2 Å². The van der Waals surface area contributed by atoms with E-state index in [2.05, 4.69) is 5.32 Å². The third kappa shape index (κ3) is 6.63. The van der Waals surface area contributed by atoms with Gasteiger partial charge in [0.15, 0.2) is 0 Å². The molecule has 1 aliphatic heterocycles. The number of carbonyl (C=O) groups is 2. The average molecular weight is 366 g/mol. The topological polar surface area (TPSA) is 67.9 Å². The molecule has 144 valence electrons. The highest BCUT2D eigenvalue weighted by atomic mass is 19.1. The summed E-state index contributed by atoms with van der Waals surface area (Å²) in [6, 6.07) is 9.39. The summed E-state index contributed by atoms with van der Waals surface area (Å²) in [4.78, 5) is 25.1. The first-order valence-electron chi connectivity index (χ1n) is 8.77. The molecule has 0 spiro atoms. The zero-order valence-electron chi connectivity index (χ0n) is 15.5. The fraction of sp³-hybridized carbons (Fsp3) is 0.579. The second kappa shape index (κ2) is 8.98. The van der Waals surface area contributed by atoms with E-state index in [-0.39, 0.29) is 32.2 Å². The molecule has 1 aromatic rings. The van der Waals surface area contributed by atoms with E-state index in [0.29, 0.717) is 6.54 Å². The van der Waals surface area contributed by atoms with E-state index in [1.165, 1.54) is 4.90 Å². The van der Waals surface area contributed by atoms with Crippen molar-refractivity contribution in [3.63, 3.8) is 0 Å². The predicted molar refractivity (Wildman–Crippen MR) is 95.3 cm³/mol. The molecule has 0 aromatic heterocycles. The first kappa shape index (κ1) is 20.2. The van der Waals surface area contributed by atoms with E-state index in [1.54, 1.807) is 20.8 Å². The van der Waals surface area contributed by atoms with Gasteiger partial charge in [-0.3, -0.25) is 4.79 Å². The molecule has 1 amide bonds. The maximum atomic E-state index is 14.1. The predicted octanol–water partition coefficient (Wildman–Crippen LogP) is 2.52. The van der Waals surface area contributed by atoms with Gasteiger partial charge in [0.25, 0.3) is 0 Å². The molecule has 2 rings (SSSR count). The van der Waals surface area contributed by atoms with E-state index in [9.17, 15) is 14.0 Å². The van der Waals surface area contributed by atoms with Crippen molar-refractivity contribution in [2.75, 3.05) is 26.2 Å². The molecule has 1 saturated heterocycles. The molecule has 1 unspecified atom stereocenters. The highest BCUT2D eigenvalue weighted by molar-refractivity contribution is 5.71. The zero-order valence-corrected chi connectivity index (χ0v) is 15.5. The first-order chi connectivity index (χ1) is 12.2. The van der Waals surface area contributed by atoms with Crippen LogP contribution in [-0.2, 0) is 20.9 Å². The Morgan fingerprint density at radius 1 is 1.23 bits per heavy atom. The number of amides is 1. The monoisotopic (exact) mass is 366 g/mol. The first-order valence-corrected chi connectivity index (χ1v) is 8.77. The van der Waals surface area contributed by atoms with Gasteiger partial charge in [0.2, 0.25) is 0 Å². The third-order valence-electron chi connectivity index (χ3n) is 3.93. The van der Waals surface area contributed by atoms with Gasteiger partial charge < -0.3 is 19.7 Å². The van der Waals surface area contributed by atoms with Crippen LogP contribution in [0.2, 0.25) is 0 Å². The van der Waals surface area contributed by atoms with Crippen LogP contribution in [0.15, 0.2) is 30.3 Å². The standard InChI is InChI=1S/C19H27FN2O4/c1-19(2,3)26-18(24)22-11-15(16(20)12-22)9-21-10-17(23)25-13-14-7-5-4-6-8-14/h4-8,15-16,21H,9-13H2,1-3H3/t15?,16-/m1/s1. The van der Waals surface area contributed by atoms with E-state index in [0.717, 1.165) is 5.56 Å². The lowest BCUT2D eigenvalue weighted by molar-refractivity contribution is -0.143. The molecule has 26 heavy (non-hydrogen) atoms. The number of hydrogen-bond acceptors (Lipinski definition) is 5. The number of likely N-dealkylation sites (tertiary alicyclic amines) is 1. The van der Waals surface area contributed by atoms with Crippen LogP contribution in [-0.4, -0.2) is 54.9 Å².